The Bertz CT molecular complexity index is 471. The second-order valence-electron chi connectivity index (χ2n) is 3.84. The van der Waals surface area contributed by atoms with Crippen molar-refractivity contribution < 1.29 is 14.7 Å². The molecule has 0 saturated carbocycles. The molecule has 1 aliphatic rings. The van der Waals surface area contributed by atoms with Crippen LogP contribution in [-0.4, -0.2) is 33.5 Å². The first-order valence-electron chi connectivity index (χ1n) is 5.01. The Morgan fingerprint density at radius 3 is 2.82 bits per heavy atom. The van der Waals surface area contributed by atoms with E-state index >= 15 is 0 Å². The summed E-state index contributed by atoms with van der Waals surface area (Å²) in [6.07, 6.45) is -0.00397. The number of carboxylic acid groups (broad SMARTS) is 1. The van der Waals surface area contributed by atoms with Crippen LogP contribution >= 0.6 is 11.6 Å². The van der Waals surface area contributed by atoms with Crippen LogP contribution in [-0.2, 0) is 9.59 Å². The second-order valence-corrected chi connectivity index (χ2v) is 4.23. The molecule has 1 aromatic rings. The molecule has 2 rings (SSSR count). The number of hydrogen-bond acceptors (Lipinski definition) is 4. The molecule has 0 bridgehead atoms. The molecule has 1 aliphatic heterocycles. The lowest BCUT2D eigenvalue weighted by Crippen LogP contribution is -2.27. The fraction of sp³-hybridized carbons (Fsp3) is 0.400. The largest absolute Gasteiger partial charge is 0.481 e. The number of halogens is 1. The van der Waals surface area contributed by atoms with Crippen molar-refractivity contribution in [3.8, 4) is 0 Å². The molecule has 17 heavy (non-hydrogen) atoms. The number of aryl methyl sites for hydroxylation is 1. The van der Waals surface area contributed by atoms with Crippen molar-refractivity contribution in [3.63, 3.8) is 0 Å². The van der Waals surface area contributed by atoms with Crippen LogP contribution < -0.4 is 4.90 Å². The van der Waals surface area contributed by atoms with Gasteiger partial charge < -0.3 is 5.11 Å². The van der Waals surface area contributed by atoms with Gasteiger partial charge in [-0.05, 0) is 6.92 Å². The van der Waals surface area contributed by atoms with Gasteiger partial charge in [0.15, 0.2) is 0 Å². The number of hydrogen-bond donors (Lipinski definition) is 1. The highest BCUT2D eigenvalue weighted by Crippen LogP contribution is 2.25. The molecular formula is C10H10ClN3O3. The van der Waals surface area contributed by atoms with E-state index in [9.17, 15) is 9.59 Å². The van der Waals surface area contributed by atoms with E-state index in [2.05, 4.69) is 9.97 Å². The van der Waals surface area contributed by atoms with Crippen LogP contribution in [0.4, 0.5) is 5.82 Å². The van der Waals surface area contributed by atoms with Crippen LogP contribution in [0.15, 0.2) is 6.07 Å². The molecule has 0 radical (unpaired) electrons. The number of carbonyl (C=O) groups is 2. The molecule has 6 nitrogen and oxygen atoms in total. The molecule has 1 N–H and O–H groups in total. The lowest BCUT2D eigenvalue weighted by molar-refractivity contribution is -0.141. The van der Waals surface area contributed by atoms with Crippen LogP contribution in [0.1, 0.15) is 12.2 Å². The van der Waals surface area contributed by atoms with Crippen molar-refractivity contribution in [2.24, 2.45) is 5.92 Å². The third-order valence-corrected chi connectivity index (χ3v) is 2.74. The van der Waals surface area contributed by atoms with Crippen molar-refractivity contribution in [3.05, 3.63) is 17.0 Å². The monoisotopic (exact) mass is 255 g/mol. The maximum Gasteiger partial charge on any atom is 0.308 e. The average Bonchev–Trinajstić information content (AvgIpc) is 2.59. The summed E-state index contributed by atoms with van der Waals surface area (Å²) < 4.78 is 0. The van der Waals surface area contributed by atoms with Gasteiger partial charge in [-0.2, -0.15) is 0 Å². The van der Waals surface area contributed by atoms with E-state index in [1.165, 1.54) is 11.0 Å². The topological polar surface area (TPSA) is 83.4 Å². The summed E-state index contributed by atoms with van der Waals surface area (Å²) in [7, 11) is 0. The SMILES string of the molecule is Cc1nc(Cl)cc(N2CC(C(=O)O)CC2=O)n1. The first-order valence-corrected chi connectivity index (χ1v) is 5.39. The van der Waals surface area contributed by atoms with Crippen LogP contribution in [0, 0.1) is 12.8 Å². The van der Waals surface area contributed by atoms with E-state index < -0.39 is 11.9 Å². The van der Waals surface area contributed by atoms with Crippen LogP contribution in [0.25, 0.3) is 0 Å². The molecule has 7 heteroatoms. The molecule has 1 fully saturated rings. The number of aliphatic carboxylic acids is 1. The van der Waals surface area contributed by atoms with Crippen molar-refractivity contribution in [1.29, 1.82) is 0 Å². The maximum absolute atomic E-state index is 11.7. The predicted octanol–water partition coefficient (Wildman–Crippen LogP) is 0.876. The average molecular weight is 256 g/mol. The minimum Gasteiger partial charge on any atom is -0.481 e. The number of carbonyl (C=O) groups excluding carboxylic acids is 1. The normalized spacial score (nSPS) is 19.8. The first kappa shape index (κ1) is 11.8. The van der Waals surface area contributed by atoms with E-state index in [0.717, 1.165) is 0 Å². The number of anilines is 1. The van der Waals surface area contributed by atoms with Gasteiger partial charge in [-0.15, -0.1) is 0 Å². The van der Waals surface area contributed by atoms with Gasteiger partial charge >= 0.3 is 5.97 Å². The Balaban J connectivity index is 2.28. The number of aromatic nitrogens is 2. The fourth-order valence-electron chi connectivity index (χ4n) is 1.75. The summed E-state index contributed by atoms with van der Waals surface area (Å²) in [5.74, 6) is -1.11. The number of amides is 1. The number of nitrogens with zero attached hydrogens (tertiary/aromatic N) is 3. The molecule has 1 amide bonds. The lowest BCUT2D eigenvalue weighted by Gasteiger charge is -2.15. The predicted molar refractivity (Wildman–Crippen MR) is 59.9 cm³/mol. The highest BCUT2D eigenvalue weighted by molar-refractivity contribution is 6.29. The molecule has 1 aromatic heterocycles. The number of carboxylic acids is 1. The van der Waals surface area contributed by atoms with Crippen molar-refractivity contribution in [2.45, 2.75) is 13.3 Å². The van der Waals surface area contributed by atoms with Gasteiger partial charge in [0.2, 0.25) is 5.91 Å². The summed E-state index contributed by atoms with van der Waals surface area (Å²) in [5.41, 5.74) is 0. The summed E-state index contributed by atoms with van der Waals surface area (Å²) in [6.45, 7) is 1.78. The Kier molecular flexibility index (Phi) is 2.97. The summed E-state index contributed by atoms with van der Waals surface area (Å²) >= 11 is 5.77. The first-order chi connectivity index (χ1) is 7.97. The standard InChI is InChI=1S/C10H10ClN3O3/c1-5-12-7(11)3-8(13-5)14-4-6(10(16)17)2-9(14)15/h3,6H,2,4H2,1H3,(H,16,17). The van der Waals surface area contributed by atoms with Gasteiger partial charge in [0.25, 0.3) is 0 Å². The van der Waals surface area contributed by atoms with E-state index in [-0.39, 0.29) is 24.0 Å². The number of rotatable bonds is 2. The van der Waals surface area contributed by atoms with Crippen molar-refractivity contribution in [1.82, 2.24) is 9.97 Å². The van der Waals surface area contributed by atoms with E-state index in [1.54, 1.807) is 6.92 Å². The van der Waals surface area contributed by atoms with Crippen molar-refractivity contribution in [2.75, 3.05) is 11.4 Å². The zero-order valence-corrected chi connectivity index (χ0v) is 9.81. The summed E-state index contributed by atoms with van der Waals surface area (Å²) in [4.78, 5) is 31.8. The molecule has 1 saturated heterocycles. The molecular weight excluding hydrogens is 246 g/mol. The fourth-order valence-corrected chi connectivity index (χ4v) is 1.97. The summed E-state index contributed by atoms with van der Waals surface area (Å²) in [6, 6.07) is 1.46. The molecule has 2 heterocycles. The van der Waals surface area contributed by atoms with Gasteiger partial charge in [0, 0.05) is 19.0 Å². The van der Waals surface area contributed by atoms with E-state index in [1.807, 2.05) is 0 Å². The van der Waals surface area contributed by atoms with Crippen LogP contribution in [0.5, 0.6) is 0 Å². The lowest BCUT2D eigenvalue weighted by atomic mass is 10.1. The van der Waals surface area contributed by atoms with Gasteiger partial charge in [-0.1, -0.05) is 11.6 Å². The van der Waals surface area contributed by atoms with Gasteiger partial charge in [-0.25, -0.2) is 9.97 Å². The third-order valence-electron chi connectivity index (χ3n) is 2.54. The summed E-state index contributed by atoms with van der Waals surface area (Å²) in [5, 5.41) is 9.10. The van der Waals surface area contributed by atoms with Gasteiger partial charge in [0.1, 0.15) is 16.8 Å². The Morgan fingerprint density at radius 1 is 1.59 bits per heavy atom. The van der Waals surface area contributed by atoms with Gasteiger partial charge in [-0.3, -0.25) is 14.5 Å². The molecule has 0 aromatic carbocycles. The third kappa shape index (κ3) is 2.36. The Morgan fingerprint density at radius 2 is 2.29 bits per heavy atom. The van der Waals surface area contributed by atoms with E-state index in [4.69, 9.17) is 16.7 Å². The minimum absolute atomic E-state index is 0.00397. The van der Waals surface area contributed by atoms with Crippen LogP contribution in [0.3, 0.4) is 0 Å². The highest BCUT2D eigenvalue weighted by atomic mass is 35.5. The van der Waals surface area contributed by atoms with Crippen molar-refractivity contribution >= 4 is 29.3 Å². The molecule has 0 aliphatic carbocycles. The minimum atomic E-state index is -0.974. The zero-order chi connectivity index (χ0) is 12.6. The molecule has 1 unspecified atom stereocenters. The Labute approximate surface area is 102 Å². The van der Waals surface area contributed by atoms with Crippen LogP contribution in [0.2, 0.25) is 5.15 Å². The molecule has 1 atom stereocenters. The zero-order valence-electron chi connectivity index (χ0n) is 9.05. The highest BCUT2D eigenvalue weighted by Gasteiger charge is 2.35. The smallest absolute Gasteiger partial charge is 0.308 e. The molecule has 0 spiro atoms. The Hall–Kier alpha value is -1.69. The maximum atomic E-state index is 11.7. The van der Waals surface area contributed by atoms with Gasteiger partial charge in [0.05, 0.1) is 5.92 Å². The second kappa shape index (κ2) is 4.29. The van der Waals surface area contributed by atoms with E-state index in [0.29, 0.717) is 11.6 Å². The quantitative estimate of drug-likeness (QED) is 0.793. The molecule has 90 valence electrons.